The molecule has 0 radical (unpaired) electrons. The number of rotatable bonds is 10. The van der Waals surface area contributed by atoms with E-state index in [0.717, 1.165) is 30.3 Å². The maximum absolute atomic E-state index is 14.6. The van der Waals surface area contributed by atoms with Gasteiger partial charge in [0.2, 0.25) is 0 Å². The number of hydrogen-bond donors (Lipinski definition) is 4. The Balaban J connectivity index is 0.000000221. The Morgan fingerprint density at radius 3 is 1.40 bits per heavy atom. The van der Waals surface area contributed by atoms with Gasteiger partial charge in [0.15, 0.2) is 0 Å². The molecule has 0 saturated heterocycles. The Morgan fingerprint density at radius 1 is 0.517 bits per heavy atom. The minimum Gasteiger partial charge on any atom is -0.497 e. The Bertz CT molecular complexity index is 2540. The van der Waals surface area contributed by atoms with Gasteiger partial charge in [0, 0.05) is 5.56 Å². The molecule has 2 amide bonds. The second-order valence-electron chi connectivity index (χ2n) is 11.9. The van der Waals surface area contributed by atoms with Crippen molar-refractivity contribution in [3.05, 3.63) is 166 Å². The Morgan fingerprint density at radius 2 is 0.966 bits per heavy atom. The molecule has 0 atom stereocenters. The van der Waals surface area contributed by atoms with Crippen LogP contribution in [0.3, 0.4) is 0 Å². The maximum Gasteiger partial charge on any atom is 0.336 e. The highest BCUT2D eigenvalue weighted by Gasteiger charge is 2.22. The van der Waals surface area contributed by atoms with E-state index >= 15 is 0 Å². The van der Waals surface area contributed by atoms with E-state index in [1.807, 2.05) is 5.32 Å². The Kier molecular flexibility index (Phi) is 13.1. The number of ether oxygens (including phenoxy) is 2. The minimum atomic E-state index is -1.36. The average molecular weight is 819 g/mol. The van der Waals surface area contributed by atoms with E-state index < -0.39 is 64.2 Å². The van der Waals surface area contributed by atoms with E-state index in [9.17, 15) is 41.1 Å². The van der Waals surface area contributed by atoms with Gasteiger partial charge >= 0.3 is 11.9 Å². The van der Waals surface area contributed by atoms with Gasteiger partial charge < -0.3 is 30.3 Å². The van der Waals surface area contributed by atoms with Crippen LogP contribution in [0.15, 0.2) is 109 Å². The molecule has 0 spiro atoms. The molecular weight excluding hydrogens is 791 g/mol. The van der Waals surface area contributed by atoms with Gasteiger partial charge in [-0.15, -0.1) is 0 Å². The number of methoxy groups -OCH3 is 2. The Hall–Kier alpha value is -7.26. The monoisotopic (exact) mass is 818 g/mol. The number of nitrogens with one attached hydrogen (secondary N) is 2. The van der Waals surface area contributed by atoms with Crippen molar-refractivity contribution < 1.29 is 60.8 Å². The van der Waals surface area contributed by atoms with Crippen LogP contribution in [0.25, 0.3) is 22.3 Å². The van der Waals surface area contributed by atoms with Crippen molar-refractivity contribution in [2.45, 2.75) is 0 Å². The van der Waals surface area contributed by atoms with Crippen molar-refractivity contribution in [3.63, 3.8) is 0 Å². The van der Waals surface area contributed by atoms with Crippen LogP contribution >= 0.6 is 11.6 Å². The van der Waals surface area contributed by atoms with Crippen LogP contribution in [0.5, 0.6) is 11.5 Å². The van der Waals surface area contributed by atoms with Crippen molar-refractivity contribution in [3.8, 4) is 33.8 Å². The zero-order valence-electron chi connectivity index (χ0n) is 30.0. The molecule has 0 aliphatic heterocycles. The number of carbonyl (C=O) groups is 4. The zero-order valence-corrected chi connectivity index (χ0v) is 30.8. The fourth-order valence-corrected chi connectivity index (χ4v) is 5.69. The third kappa shape index (κ3) is 9.39. The smallest absolute Gasteiger partial charge is 0.336 e. The largest absolute Gasteiger partial charge is 0.497 e. The average Bonchev–Trinajstić information content (AvgIpc) is 3.20. The highest BCUT2D eigenvalue weighted by molar-refractivity contribution is 6.32. The highest BCUT2D eigenvalue weighted by Crippen LogP contribution is 2.34. The number of anilines is 2. The minimum absolute atomic E-state index is 0.0868. The first-order chi connectivity index (χ1) is 27.6. The molecule has 0 heterocycles. The summed E-state index contributed by atoms with van der Waals surface area (Å²) in [7, 11) is 2.78. The van der Waals surface area contributed by atoms with Crippen LogP contribution in [0.1, 0.15) is 41.4 Å². The summed E-state index contributed by atoms with van der Waals surface area (Å²) in [6, 6.07) is 22.8. The van der Waals surface area contributed by atoms with E-state index in [1.54, 1.807) is 6.07 Å². The van der Waals surface area contributed by atoms with Crippen molar-refractivity contribution in [2.75, 3.05) is 24.9 Å². The van der Waals surface area contributed by atoms with Gasteiger partial charge in [0.05, 0.1) is 41.5 Å². The fourth-order valence-electron chi connectivity index (χ4n) is 5.50. The van der Waals surface area contributed by atoms with Crippen LogP contribution in [-0.2, 0) is 0 Å². The van der Waals surface area contributed by atoms with E-state index in [1.165, 1.54) is 87.0 Å². The summed E-state index contributed by atoms with van der Waals surface area (Å²) < 4.78 is 82.3. The van der Waals surface area contributed by atoms with Gasteiger partial charge in [0.25, 0.3) is 11.8 Å². The summed E-state index contributed by atoms with van der Waals surface area (Å²) in [6.07, 6.45) is 0. The molecule has 0 fully saturated rings. The highest BCUT2D eigenvalue weighted by atomic mass is 35.5. The van der Waals surface area contributed by atoms with Gasteiger partial charge in [-0.2, -0.15) is 0 Å². The standard InChI is InChI=1S/C21H14ClF2NO4.C21H14F3NO4/c1-29-18-10-11(6-7-15(18)22)12-8-16(23)19(17(24)9-12)25-20(26)13-4-2-3-5-14(13)21(27)28;1-29-12-6-7-16(22)15(10-12)11-8-17(23)19(18(24)9-11)25-20(26)13-4-2-3-5-14(13)21(27)28/h2*2-10H,1H3,(H,25,26)(H,27,28). The van der Waals surface area contributed by atoms with Gasteiger partial charge in [-0.05, 0) is 95.6 Å². The van der Waals surface area contributed by atoms with Gasteiger partial charge in [0.1, 0.15) is 52.0 Å². The SMILES string of the molecule is COc1cc(-c2cc(F)c(NC(=O)c3ccccc3C(=O)O)c(F)c2)ccc1Cl.COc1ccc(F)c(-c2cc(F)c(NC(=O)c3ccccc3C(=O)O)c(F)c2)c1. The predicted octanol–water partition coefficient (Wildman–Crippen LogP) is 9.97. The lowest BCUT2D eigenvalue weighted by Crippen LogP contribution is -2.18. The third-order valence-electron chi connectivity index (χ3n) is 8.33. The molecule has 0 aliphatic rings. The lowest BCUT2D eigenvalue weighted by molar-refractivity contribution is 0.0683. The van der Waals surface area contributed by atoms with Crippen molar-refractivity contribution >= 4 is 46.7 Å². The molecule has 58 heavy (non-hydrogen) atoms. The summed E-state index contributed by atoms with van der Waals surface area (Å²) in [5.74, 6) is -9.04. The quantitative estimate of drug-likeness (QED) is 0.0998. The topological polar surface area (TPSA) is 151 Å². The number of carboxylic acids is 2. The van der Waals surface area contributed by atoms with E-state index in [4.69, 9.17) is 31.3 Å². The fraction of sp³-hybridized carbons (Fsp3) is 0.0476. The first-order valence-corrected chi connectivity index (χ1v) is 16.9. The normalized spacial score (nSPS) is 10.5. The molecule has 10 nitrogen and oxygen atoms in total. The summed E-state index contributed by atoms with van der Waals surface area (Å²) in [4.78, 5) is 47.2. The van der Waals surface area contributed by atoms with Crippen molar-refractivity contribution in [1.29, 1.82) is 0 Å². The van der Waals surface area contributed by atoms with Crippen LogP contribution in [0.2, 0.25) is 5.02 Å². The van der Waals surface area contributed by atoms with Crippen LogP contribution in [-0.4, -0.2) is 48.2 Å². The first-order valence-electron chi connectivity index (χ1n) is 16.6. The molecule has 0 saturated carbocycles. The second-order valence-corrected chi connectivity index (χ2v) is 12.3. The number of benzene rings is 6. The molecular formula is C42H28ClF5N2O8. The lowest BCUT2D eigenvalue weighted by atomic mass is 10.0. The zero-order chi connectivity index (χ0) is 42.3. The van der Waals surface area contributed by atoms with Crippen molar-refractivity contribution in [2.24, 2.45) is 0 Å². The van der Waals surface area contributed by atoms with Gasteiger partial charge in [-0.25, -0.2) is 31.5 Å². The molecule has 16 heteroatoms. The van der Waals surface area contributed by atoms with E-state index in [0.29, 0.717) is 22.1 Å². The number of carbonyl (C=O) groups excluding carboxylic acids is 2. The molecule has 0 aromatic heterocycles. The van der Waals surface area contributed by atoms with E-state index in [-0.39, 0.29) is 38.9 Å². The molecule has 6 aromatic carbocycles. The van der Waals surface area contributed by atoms with Crippen LogP contribution < -0.4 is 20.1 Å². The number of aromatic carboxylic acids is 2. The van der Waals surface area contributed by atoms with Gasteiger partial charge in [-0.3, -0.25) is 9.59 Å². The summed E-state index contributed by atoms with van der Waals surface area (Å²) >= 11 is 5.96. The van der Waals surface area contributed by atoms with Gasteiger partial charge in [-0.1, -0.05) is 41.9 Å². The number of amides is 2. The molecule has 6 aromatic rings. The second kappa shape index (κ2) is 18.1. The number of carboxylic acid groups (broad SMARTS) is 2. The molecule has 6 rings (SSSR count). The lowest BCUT2D eigenvalue weighted by Gasteiger charge is -2.12. The maximum atomic E-state index is 14.6. The molecule has 0 aliphatic carbocycles. The molecule has 296 valence electrons. The Labute approximate surface area is 331 Å². The molecule has 4 N–H and O–H groups in total. The summed E-state index contributed by atoms with van der Waals surface area (Å²) in [5.41, 5.74) is -2.06. The summed E-state index contributed by atoms with van der Waals surface area (Å²) in [6.45, 7) is 0. The molecule has 0 bridgehead atoms. The van der Waals surface area contributed by atoms with Crippen LogP contribution in [0.4, 0.5) is 33.3 Å². The van der Waals surface area contributed by atoms with Crippen molar-refractivity contribution in [1.82, 2.24) is 0 Å². The summed E-state index contributed by atoms with van der Waals surface area (Å²) in [5, 5.41) is 22.8. The molecule has 0 unspecified atom stereocenters. The first kappa shape index (κ1) is 41.9. The van der Waals surface area contributed by atoms with Crippen LogP contribution in [0, 0.1) is 29.1 Å². The van der Waals surface area contributed by atoms with E-state index in [2.05, 4.69) is 5.32 Å². The third-order valence-corrected chi connectivity index (χ3v) is 8.65. The predicted molar refractivity (Wildman–Crippen MR) is 204 cm³/mol. The number of hydrogen-bond acceptors (Lipinski definition) is 6. The number of halogens is 6.